The highest BCUT2D eigenvalue weighted by atomic mass is 16.2. The van der Waals surface area contributed by atoms with Crippen molar-refractivity contribution >= 4 is 5.91 Å². The second-order valence-corrected chi connectivity index (χ2v) is 4.21. The van der Waals surface area contributed by atoms with E-state index in [0.29, 0.717) is 0 Å². The van der Waals surface area contributed by atoms with Crippen molar-refractivity contribution in [3.8, 4) is 0 Å². The summed E-state index contributed by atoms with van der Waals surface area (Å²) in [5.41, 5.74) is 1.04. The summed E-state index contributed by atoms with van der Waals surface area (Å²) in [6, 6.07) is 3.89. The van der Waals surface area contributed by atoms with E-state index < -0.39 is 0 Å². The maximum absolute atomic E-state index is 11.9. The van der Waals surface area contributed by atoms with Gasteiger partial charge in [0.05, 0.1) is 12.0 Å². The Hall–Kier alpha value is -1.42. The van der Waals surface area contributed by atoms with Crippen LogP contribution in [-0.2, 0) is 4.79 Å². The summed E-state index contributed by atoms with van der Waals surface area (Å²) in [5, 5.41) is 6.21. The number of nitrogens with one attached hydrogen (secondary N) is 2. The average Bonchev–Trinajstić information content (AvgIpc) is 2.83. The molecule has 2 atom stereocenters. The predicted molar refractivity (Wildman–Crippen MR) is 61.8 cm³/mol. The minimum absolute atomic E-state index is 0.0294. The number of pyridine rings is 1. The van der Waals surface area contributed by atoms with Crippen LogP contribution in [-0.4, -0.2) is 24.0 Å². The van der Waals surface area contributed by atoms with Gasteiger partial charge in [-0.2, -0.15) is 0 Å². The fourth-order valence-corrected chi connectivity index (χ4v) is 1.93. The number of carbonyl (C=O) groups excluding carboxylic acids is 1. The van der Waals surface area contributed by atoms with Gasteiger partial charge in [0.25, 0.3) is 0 Å². The highest BCUT2D eigenvalue weighted by Gasteiger charge is 2.23. The third kappa shape index (κ3) is 2.58. The molecule has 1 aliphatic heterocycles. The van der Waals surface area contributed by atoms with Gasteiger partial charge in [-0.1, -0.05) is 6.07 Å². The molecule has 4 heteroatoms. The SMILES string of the molecule is C[C@H](NC(=O)C1CCNC1)c1cccnc1. The number of hydrogen-bond donors (Lipinski definition) is 2. The van der Waals surface area contributed by atoms with Gasteiger partial charge < -0.3 is 10.6 Å². The molecular formula is C12H17N3O. The maximum atomic E-state index is 11.9. The molecule has 2 rings (SSSR count). The number of carbonyl (C=O) groups is 1. The Morgan fingerprint density at radius 2 is 2.56 bits per heavy atom. The van der Waals surface area contributed by atoms with E-state index in [9.17, 15) is 4.79 Å². The van der Waals surface area contributed by atoms with Gasteiger partial charge >= 0.3 is 0 Å². The van der Waals surface area contributed by atoms with Gasteiger partial charge in [0, 0.05) is 18.9 Å². The third-order valence-corrected chi connectivity index (χ3v) is 2.97. The lowest BCUT2D eigenvalue weighted by molar-refractivity contribution is -0.125. The molecule has 0 saturated carbocycles. The van der Waals surface area contributed by atoms with Crippen molar-refractivity contribution < 1.29 is 4.79 Å². The first-order valence-electron chi connectivity index (χ1n) is 5.68. The molecule has 4 nitrogen and oxygen atoms in total. The van der Waals surface area contributed by atoms with Crippen LogP contribution in [0.25, 0.3) is 0 Å². The molecule has 0 spiro atoms. The average molecular weight is 219 g/mol. The van der Waals surface area contributed by atoms with Gasteiger partial charge in [-0.15, -0.1) is 0 Å². The zero-order chi connectivity index (χ0) is 11.4. The van der Waals surface area contributed by atoms with Crippen molar-refractivity contribution in [2.24, 2.45) is 5.92 Å². The summed E-state index contributed by atoms with van der Waals surface area (Å²) in [7, 11) is 0. The predicted octanol–water partition coefficient (Wildman–Crippen LogP) is 0.868. The third-order valence-electron chi connectivity index (χ3n) is 2.97. The van der Waals surface area contributed by atoms with E-state index in [2.05, 4.69) is 15.6 Å². The van der Waals surface area contributed by atoms with E-state index in [-0.39, 0.29) is 17.9 Å². The first-order valence-corrected chi connectivity index (χ1v) is 5.68. The van der Waals surface area contributed by atoms with Crippen LogP contribution in [0, 0.1) is 5.92 Å². The Morgan fingerprint density at radius 1 is 1.69 bits per heavy atom. The molecular weight excluding hydrogens is 202 g/mol. The van der Waals surface area contributed by atoms with E-state index in [4.69, 9.17) is 0 Å². The zero-order valence-corrected chi connectivity index (χ0v) is 9.44. The molecule has 0 aromatic carbocycles. The van der Waals surface area contributed by atoms with Crippen LogP contribution in [0.5, 0.6) is 0 Å². The molecule has 1 saturated heterocycles. The minimum Gasteiger partial charge on any atom is -0.349 e. The van der Waals surface area contributed by atoms with Gasteiger partial charge in [-0.05, 0) is 31.5 Å². The quantitative estimate of drug-likeness (QED) is 0.793. The summed E-state index contributed by atoms with van der Waals surface area (Å²) >= 11 is 0. The molecule has 1 aromatic heterocycles. The van der Waals surface area contributed by atoms with Gasteiger partial charge in [-0.25, -0.2) is 0 Å². The summed E-state index contributed by atoms with van der Waals surface area (Å²) in [6.07, 6.45) is 4.46. The fraction of sp³-hybridized carbons (Fsp3) is 0.500. The largest absolute Gasteiger partial charge is 0.349 e. The van der Waals surface area contributed by atoms with E-state index in [1.54, 1.807) is 12.4 Å². The first kappa shape index (κ1) is 11.1. The van der Waals surface area contributed by atoms with Crippen LogP contribution >= 0.6 is 0 Å². The van der Waals surface area contributed by atoms with Gasteiger partial charge in [0.2, 0.25) is 5.91 Å². The lowest BCUT2D eigenvalue weighted by Gasteiger charge is -2.16. The van der Waals surface area contributed by atoms with Crippen LogP contribution in [0.15, 0.2) is 24.5 Å². The summed E-state index contributed by atoms with van der Waals surface area (Å²) in [4.78, 5) is 15.9. The van der Waals surface area contributed by atoms with E-state index in [1.165, 1.54) is 0 Å². The fourth-order valence-electron chi connectivity index (χ4n) is 1.93. The van der Waals surface area contributed by atoms with Gasteiger partial charge in [0.1, 0.15) is 0 Å². The van der Waals surface area contributed by atoms with Crippen LogP contribution < -0.4 is 10.6 Å². The Labute approximate surface area is 95.5 Å². The zero-order valence-electron chi connectivity index (χ0n) is 9.44. The van der Waals surface area contributed by atoms with Gasteiger partial charge in [0.15, 0.2) is 0 Å². The molecule has 16 heavy (non-hydrogen) atoms. The number of hydrogen-bond acceptors (Lipinski definition) is 3. The summed E-state index contributed by atoms with van der Waals surface area (Å²) < 4.78 is 0. The van der Waals surface area contributed by atoms with Crippen molar-refractivity contribution in [3.05, 3.63) is 30.1 Å². The lowest BCUT2D eigenvalue weighted by atomic mass is 10.1. The van der Waals surface area contributed by atoms with Crippen LogP contribution in [0.4, 0.5) is 0 Å². The summed E-state index contributed by atoms with van der Waals surface area (Å²) in [5.74, 6) is 0.264. The van der Waals surface area contributed by atoms with Crippen molar-refractivity contribution in [1.29, 1.82) is 0 Å². The highest BCUT2D eigenvalue weighted by Crippen LogP contribution is 2.13. The molecule has 0 radical (unpaired) electrons. The molecule has 1 unspecified atom stereocenters. The molecule has 2 heterocycles. The van der Waals surface area contributed by atoms with Crippen molar-refractivity contribution in [1.82, 2.24) is 15.6 Å². The van der Waals surface area contributed by atoms with Crippen molar-refractivity contribution in [2.45, 2.75) is 19.4 Å². The Morgan fingerprint density at radius 3 is 3.19 bits per heavy atom. The van der Waals surface area contributed by atoms with E-state index in [0.717, 1.165) is 25.1 Å². The minimum atomic E-state index is 0.0294. The highest BCUT2D eigenvalue weighted by molar-refractivity contribution is 5.79. The number of amides is 1. The van der Waals surface area contributed by atoms with Crippen LogP contribution in [0.1, 0.15) is 24.9 Å². The standard InChI is InChI=1S/C12H17N3O/c1-9(10-3-2-5-13-7-10)15-12(16)11-4-6-14-8-11/h2-3,5,7,9,11,14H,4,6,8H2,1H3,(H,15,16)/t9-,11?/m0/s1. The Kier molecular flexibility index (Phi) is 3.51. The molecule has 2 N–H and O–H groups in total. The first-order chi connectivity index (χ1) is 7.77. The molecule has 1 aliphatic rings. The topological polar surface area (TPSA) is 54.0 Å². The van der Waals surface area contributed by atoms with E-state index >= 15 is 0 Å². The lowest BCUT2D eigenvalue weighted by Crippen LogP contribution is -2.33. The number of aromatic nitrogens is 1. The van der Waals surface area contributed by atoms with Crippen LogP contribution in [0.2, 0.25) is 0 Å². The molecule has 1 amide bonds. The molecule has 86 valence electrons. The molecule has 1 fully saturated rings. The monoisotopic (exact) mass is 219 g/mol. The van der Waals surface area contributed by atoms with Gasteiger partial charge in [-0.3, -0.25) is 9.78 Å². The van der Waals surface area contributed by atoms with E-state index in [1.807, 2.05) is 19.1 Å². The Bertz CT molecular complexity index is 347. The maximum Gasteiger partial charge on any atom is 0.224 e. The second kappa shape index (κ2) is 5.07. The Balaban J connectivity index is 1.92. The molecule has 0 bridgehead atoms. The number of rotatable bonds is 3. The molecule has 0 aliphatic carbocycles. The normalized spacial score (nSPS) is 21.7. The second-order valence-electron chi connectivity index (χ2n) is 4.21. The smallest absolute Gasteiger partial charge is 0.224 e. The summed E-state index contributed by atoms with van der Waals surface area (Å²) in [6.45, 7) is 3.72. The molecule has 1 aromatic rings. The van der Waals surface area contributed by atoms with Crippen molar-refractivity contribution in [2.75, 3.05) is 13.1 Å². The van der Waals surface area contributed by atoms with Crippen molar-refractivity contribution in [3.63, 3.8) is 0 Å². The van der Waals surface area contributed by atoms with Crippen LogP contribution in [0.3, 0.4) is 0 Å². The number of nitrogens with zero attached hydrogens (tertiary/aromatic N) is 1.